The van der Waals surface area contributed by atoms with Crippen LogP contribution in [0.2, 0.25) is 0 Å². The van der Waals surface area contributed by atoms with Crippen molar-refractivity contribution in [2.24, 2.45) is 0 Å². The smallest absolute Gasteiger partial charge is 0.333 e. The number of para-hydroxylation sites is 1. The number of nitrogens with zero attached hydrogens (tertiary/aromatic N) is 2. The molecule has 1 aromatic carbocycles. The molecule has 0 bridgehead atoms. The highest BCUT2D eigenvalue weighted by Crippen LogP contribution is 2.32. The van der Waals surface area contributed by atoms with Gasteiger partial charge in [-0.15, -0.1) is 0 Å². The highest BCUT2D eigenvalue weighted by molar-refractivity contribution is 7.90. The van der Waals surface area contributed by atoms with Gasteiger partial charge in [-0.2, -0.15) is 13.4 Å². The van der Waals surface area contributed by atoms with E-state index < -0.39 is 21.1 Å². The highest BCUT2D eigenvalue weighted by atomic mass is 32.2. The molecule has 0 aliphatic heterocycles. The summed E-state index contributed by atoms with van der Waals surface area (Å²) in [5.74, 6) is 0.349. The standard InChI is InChI=1S/C20H29N5O4S/c1-13(2)15-7-6-8-16(14(3)4)19(15)24-20(26)25-30(27,28)18-12-22-11-17(23-18)29-10-9-21-5/h6-8,11-14,21H,9-10H2,1-5H3,(H2,24,25,26). The molecule has 0 aliphatic carbocycles. The van der Waals surface area contributed by atoms with E-state index in [0.717, 1.165) is 17.3 Å². The van der Waals surface area contributed by atoms with Crippen LogP contribution >= 0.6 is 0 Å². The third kappa shape index (κ3) is 6.14. The zero-order chi connectivity index (χ0) is 22.3. The number of carbonyl (C=O) groups excluding carboxylic acids is 1. The number of aromatic nitrogens is 2. The number of anilines is 1. The average molecular weight is 436 g/mol. The minimum absolute atomic E-state index is 0.0563. The van der Waals surface area contributed by atoms with Crippen LogP contribution in [0.3, 0.4) is 0 Å². The van der Waals surface area contributed by atoms with Gasteiger partial charge < -0.3 is 15.4 Å². The fraction of sp³-hybridized carbons (Fsp3) is 0.450. The lowest BCUT2D eigenvalue weighted by Crippen LogP contribution is -2.35. The number of nitrogens with one attached hydrogen (secondary N) is 3. The molecule has 164 valence electrons. The molecule has 0 fully saturated rings. The van der Waals surface area contributed by atoms with Crippen LogP contribution in [0.1, 0.15) is 50.7 Å². The first-order valence-corrected chi connectivity index (χ1v) is 11.2. The number of benzene rings is 1. The highest BCUT2D eigenvalue weighted by Gasteiger charge is 2.23. The van der Waals surface area contributed by atoms with E-state index in [9.17, 15) is 13.2 Å². The van der Waals surface area contributed by atoms with Crippen LogP contribution < -0.4 is 20.1 Å². The summed E-state index contributed by atoms with van der Waals surface area (Å²) >= 11 is 0. The van der Waals surface area contributed by atoms with Crippen LogP contribution in [-0.2, 0) is 10.0 Å². The fourth-order valence-corrected chi connectivity index (χ4v) is 3.61. The van der Waals surface area contributed by atoms with Gasteiger partial charge in [-0.3, -0.25) is 4.98 Å². The van der Waals surface area contributed by atoms with Crippen molar-refractivity contribution in [2.75, 3.05) is 25.5 Å². The molecular weight excluding hydrogens is 406 g/mol. The van der Waals surface area contributed by atoms with Crippen LogP contribution in [0, 0.1) is 0 Å². The Morgan fingerprint density at radius 1 is 1.10 bits per heavy atom. The van der Waals surface area contributed by atoms with Crippen LogP contribution in [0.4, 0.5) is 10.5 Å². The summed E-state index contributed by atoms with van der Waals surface area (Å²) in [4.78, 5) is 20.3. The van der Waals surface area contributed by atoms with E-state index in [0.29, 0.717) is 18.8 Å². The molecule has 2 rings (SSSR count). The molecule has 0 saturated carbocycles. The number of carbonyl (C=O) groups is 1. The van der Waals surface area contributed by atoms with Gasteiger partial charge in [0.2, 0.25) is 5.88 Å². The van der Waals surface area contributed by atoms with E-state index in [1.807, 2.05) is 50.6 Å². The van der Waals surface area contributed by atoms with Gasteiger partial charge in [-0.05, 0) is 30.0 Å². The molecular formula is C20H29N5O4S. The monoisotopic (exact) mass is 435 g/mol. The van der Waals surface area contributed by atoms with E-state index in [2.05, 4.69) is 20.6 Å². The normalized spacial score (nSPS) is 11.6. The first kappa shape index (κ1) is 23.6. The van der Waals surface area contributed by atoms with E-state index in [-0.39, 0.29) is 17.7 Å². The van der Waals surface area contributed by atoms with Crippen molar-refractivity contribution in [1.29, 1.82) is 0 Å². The Labute approximate surface area is 177 Å². The third-order valence-electron chi connectivity index (χ3n) is 4.31. The molecule has 2 amide bonds. The van der Waals surface area contributed by atoms with E-state index >= 15 is 0 Å². The number of sulfonamides is 1. The van der Waals surface area contributed by atoms with Crippen molar-refractivity contribution in [3.8, 4) is 5.88 Å². The van der Waals surface area contributed by atoms with Crippen molar-refractivity contribution >= 4 is 21.7 Å². The summed E-state index contributed by atoms with van der Waals surface area (Å²) in [7, 11) is -2.47. The molecule has 3 N–H and O–H groups in total. The second kappa shape index (κ2) is 10.4. The number of urea groups is 1. The van der Waals surface area contributed by atoms with Gasteiger partial charge in [0.15, 0.2) is 5.03 Å². The Bertz CT molecular complexity index is 951. The average Bonchev–Trinajstić information content (AvgIpc) is 2.67. The molecule has 0 aliphatic rings. The number of likely N-dealkylation sites (N-methyl/N-ethyl adjacent to an activating group) is 1. The lowest BCUT2D eigenvalue weighted by atomic mass is 9.93. The second-order valence-corrected chi connectivity index (χ2v) is 8.96. The molecule has 0 saturated heterocycles. The van der Waals surface area contributed by atoms with Crippen molar-refractivity contribution < 1.29 is 17.9 Å². The lowest BCUT2D eigenvalue weighted by Gasteiger charge is -2.20. The fourth-order valence-electron chi connectivity index (χ4n) is 2.80. The first-order valence-electron chi connectivity index (χ1n) is 9.71. The van der Waals surface area contributed by atoms with Gasteiger partial charge in [-0.25, -0.2) is 9.52 Å². The molecule has 30 heavy (non-hydrogen) atoms. The predicted molar refractivity (Wildman–Crippen MR) is 115 cm³/mol. The second-order valence-electron chi connectivity index (χ2n) is 7.33. The summed E-state index contributed by atoms with van der Waals surface area (Å²) < 4.78 is 32.6. The molecule has 1 heterocycles. The summed E-state index contributed by atoms with van der Waals surface area (Å²) in [6, 6.07) is 4.89. The van der Waals surface area contributed by atoms with Crippen molar-refractivity contribution in [2.45, 2.75) is 44.6 Å². The molecule has 0 unspecified atom stereocenters. The molecule has 9 nitrogen and oxygen atoms in total. The van der Waals surface area contributed by atoms with Crippen molar-refractivity contribution in [1.82, 2.24) is 20.0 Å². The van der Waals surface area contributed by atoms with Gasteiger partial charge in [0.25, 0.3) is 10.0 Å². The van der Waals surface area contributed by atoms with Gasteiger partial charge in [0, 0.05) is 12.2 Å². The number of hydrogen-bond acceptors (Lipinski definition) is 7. The molecule has 1 aromatic heterocycles. The number of rotatable bonds is 9. The molecule has 0 spiro atoms. The summed E-state index contributed by atoms with van der Waals surface area (Å²) in [5.41, 5.74) is 2.47. The Morgan fingerprint density at radius 2 is 1.73 bits per heavy atom. The Morgan fingerprint density at radius 3 is 2.30 bits per heavy atom. The zero-order valence-electron chi connectivity index (χ0n) is 17.9. The van der Waals surface area contributed by atoms with Crippen LogP contribution in [0.25, 0.3) is 0 Å². The summed E-state index contributed by atoms with van der Waals surface area (Å²) in [6.45, 7) is 8.89. The van der Waals surface area contributed by atoms with Crippen LogP contribution in [-0.4, -0.2) is 44.6 Å². The summed E-state index contributed by atoms with van der Waals surface area (Å²) in [6.07, 6.45) is 2.37. The third-order valence-corrected chi connectivity index (χ3v) is 5.51. The lowest BCUT2D eigenvalue weighted by molar-refractivity contribution is 0.256. The number of hydrogen-bond donors (Lipinski definition) is 3. The Kier molecular flexibility index (Phi) is 8.13. The molecule has 2 aromatic rings. The Balaban J connectivity index is 2.21. The summed E-state index contributed by atoms with van der Waals surface area (Å²) in [5, 5.41) is 5.21. The van der Waals surface area contributed by atoms with Crippen molar-refractivity contribution in [3.63, 3.8) is 0 Å². The molecule has 0 atom stereocenters. The molecule has 0 radical (unpaired) electrons. The maximum atomic E-state index is 12.6. The van der Waals surface area contributed by atoms with Gasteiger partial charge in [0.1, 0.15) is 6.61 Å². The first-order chi connectivity index (χ1) is 14.2. The van der Waals surface area contributed by atoms with Gasteiger partial charge >= 0.3 is 6.03 Å². The minimum atomic E-state index is -4.23. The number of ether oxygens (including phenoxy) is 1. The molecule has 10 heteroatoms. The topological polar surface area (TPSA) is 122 Å². The quantitative estimate of drug-likeness (QED) is 0.518. The maximum absolute atomic E-state index is 12.6. The van der Waals surface area contributed by atoms with E-state index in [1.165, 1.54) is 6.20 Å². The minimum Gasteiger partial charge on any atom is -0.475 e. The largest absolute Gasteiger partial charge is 0.475 e. The van der Waals surface area contributed by atoms with Crippen LogP contribution in [0.5, 0.6) is 5.88 Å². The maximum Gasteiger partial charge on any atom is 0.333 e. The zero-order valence-corrected chi connectivity index (χ0v) is 18.7. The van der Waals surface area contributed by atoms with E-state index in [1.54, 1.807) is 7.05 Å². The van der Waals surface area contributed by atoms with E-state index in [4.69, 9.17) is 4.74 Å². The van der Waals surface area contributed by atoms with Crippen molar-refractivity contribution in [3.05, 3.63) is 41.7 Å². The van der Waals surface area contributed by atoms with Gasteiger partial charge in [0.05, 0.1) is 12.4 Å². The van der Waals surface area contributed by atoms with Crippen LogP contribution in [0.15, 0.2) is 35.6 Å². The SMILES string of the molecule is CNCCOc1cncc(S(=O)(=O)NC(=O)Nc2c(C(C)C)cccc2C(C)C)n1. The van der Waals surface area contributed by atoms with Gasteiger partial charge in [-0.1, -0.05) is 45.9 Å². The predicted octanol–water partition coefficient (Wildman–Crippen LogP) is 2.83. The Hall–Kier alpha value is -2.72. The number of amides is 2.